The summed E-state index contributed by atoms with van der Waals surface area (Å²) in [5, 5.41) is 8.89. The van der Waals surface area contributed by atoms with Crippen molar-refractivity contribution in [2.24, 2.45) is 0 Å². The third-order valence-electron chi connectivity index (χ3n) is 2.73. The maximum Gasteiger partial charge on any atom is 0.163 e. The molecular weight excluding hydrogens is 238 g/mol. The van der Waals surface area contributed by atoms with Crippen molar-refractivity contribution in [1.29, 1.82) is 5.26 Å². The van der Waals surface area contributed by atoms with Crippen molar-refractivity contribution in [2.75, 3.05) is 0 Å². The lowest BCUT2D eigenvalue weighted by Gasteiger charge is -2.10. The van der Waals surface area contributed by atoms with Crippen LogP contribution in [0.15, 0.2) is 48.5 Å². The average molecular weight is 251 g/mol. The van der Waals surface area contributed by atoms with E-state index in [1.54, 1.807) is 18.2 Å². The zero-order valence-electron chi connectivity index (χ0n) is 10.6. The van der Waals surface area contributed by atoms with Gasteiger partial charge >= 0.3 is 0 Å². The lowest BCUT2D eigenvalue weighted by Crippen LogP contribution is -2.02. The molecule has 0 aliphatic rings. The Labute approximate surface area is 112 Å². The van der Waals surface area contributed by atoms with Crippen molar-refractivity contribution >= 4 is 5.78 Å². The third-order valence-corrected chi connectivity index (χ3v) is 2.73. The quantitative estimate of drug-likeness (QED) is 0.783. The van der Waals surface area contributed by atoms with E-state index in [0.717, 1.165) is 5.56 Å². The summed E-state index contributed by atoms with van der Waals surface area (Å²) in [5.74, 6) is 0.378. The van der Waals surface area contributed by atoms with Gasteiger partial charge < -0.3 is 4.74 Å². The van der Waals surface area contributed by atoms with Gasteiger partial charge in [0.05, 0.1) is 17.2 Å². The zero-order valence-corrected chi connectivity index (χ0v) is 10.6. The lowest BCUT2D eigenvalue weighted by molar-refractivity contribution is 0.101. The smallest absolute Gasteiger partial charge is 0.163 e. The molecule has 0 saturated heterocycles. The van der Waals surface area contributed by atoms with Crippen LogP contribution in [0.2, 0.25) is 0 Å². The van der Waals surface area contributed by atoms with E-state index in [2.05, 4.69) is 0 Å². The van der Waals surface area contributed by atoms with Gasteiger partial charge in [-0.05, 0) is 30.7 Å². The van der Waals surface area contributed by atoms with Gasteiger partial charge in [0.2, 0.25) is 0 Å². The van der Waals surface area contributed by atoms with Crippen molar-refractivity contribution in [3.63, 3.8) is 0 Å². The second kappa shape index (κ2) is 5.83. The minimum Gasteiger partial charge on any atom is -0.488 e. The molecule has 0 fully saturated rings. The van der Waals surface area contributed by atoms with Gasteiger partial charge in [0, 0.05) is 0 Å². The predicted molar refractivity (Wildman–Crippen MR) is 71.9 cm³/mol. The molecule has 0 unspecified atom stereocenters. The minimum absolute atomic E-state index is 0.0763. The van der Waals surface area contributed by atoms with Crippen LogP contribution in [0.4, 0.5) is 0 Å². The number of ketones is 1. The van der Waals surface area contributed by atoms with Gasteiger partial charge in [0.1, 0.15) is 12.4 Å². The van der Waals surface area contributed by atoms with Crippen molar-refractivity contribution in [3.8, 4) is 11.8 Å². The molecule has 2 aromatic rings. The minimum atomic E-state index is -0.0763. The number of Topliss-reactive ketones (excluding diaryl/α,β-unsaturated/α-hetero) is 1. The molecule has 0 aliphatic heterocycles. The molecular formula is C16H13NO2. The highest BCUT2D eigenvalue weighted by Crippen LogP contribution is 2.22. The fraction of sp³-hybridized carbons (Fsp3) is 0.125. The van der Waals surface area contributed by atoms with Gasteiger partial charge in [-0.15, -0.1) is 0 Å². The number of ether oxygens (including phenoxy) is 1. The Hall–Kier alpha value is -2.60. The van der Waals surface area contributed by atoms with Crippen LogP contribution in [0.5, 0.6) is 5.75 Å². The summed E-state index contributed by atoms with van der Waals surface area (Å²) in [6, 6.07) is 16.6. The lowest BCUT2D eigenvalue weighted by atomic mass is 10.1. The van der Waals surface area contributed by atoms with Crippen LogP contribution in [0.25, 0.3) is 0 Å². The van der Waals surface area contributed by atoms with Crippen molar-refractivity contribution in [3.05, 3.63) is 65.2 Å². The van der Waals surface area contributed by atoms with Crippen LogP contribution in [0, 0.1) is 11.3 Å². The molecule has 2 rings (SSSR count). The molecule has 0 atom stereocenters. The van der Waals surface area contributed by atoms with Crippen LogP contribution in [-0.4, -0.2) is 5.78 Å². The second-order valence-electron chi connectivity index (χ2n) is 4.15. The summed E-state index contributed by atoms with van der Waals surface area (Å²) in [6.07, 6.45) is 0. The van der Waals surface area contributed by atoms with E-state index in [4.69, 9.17) is 10.00 Å². The molecule has 0 bridgehead atoms. The van der Waals surface area contributed by atoms with E-state index < -0.39 is 0 Å². The number of hydrogen-bond acceptors (Lipinski definition) is 3. The zero-order chi connectivity index (χ0) is 13.7. The summed E-state index contributed by atoms with van der Waals surface area (Å²) in [6.45, 7) is 1.85. The fourth-order valence-corrected chi connectivity index (χ4v) is 1.74. The van der Waals surface area contributed by atoms with Gasteiger partial charge in [-0.1, -0.05) is 30.3 Å². The van der Waals surface area contributed by atoms with Crippen LogP contribution >= 0.6 is 0 Å². The van der Waals surface area contributed by atoms with Gasteiger partial charge in [0.15, 0.2) is 5.78 Å². The van der Waals surface area contributed by atoms with Gasteiger partial charge in [-0.2, -0.15) is 5.26 Å². The molecule has 0 amide bonds. The highest BCUT2D eigenvalue weighted by atomic mass is 16.5. The first-order valence-corrected chi connectivity index (χ1v) is 5.92. The Morgan fingerprint density at radius 3 is 2.58 bits per heavy atom. The SMILES string of the molecule is CC(=O)c1ccc(C#N)cc1OCc1ccccc1. The summed E-state index contributed by atoms with van der Waals surface area (Å²) >= 11 is 0. The summed E-state index contributed by atoms with van der Waals surface area (Å²) in [7, 11) is 0. The average Bonchev–Trinajstić information content (AvgIpc) is 2.45. The molecule has 0 aliphatic carbocycles. The van der Waals surface area contributed by atoms with Crippen molar-refractivity contribution < 1.29 is 9.53 Å². The van der Waals surface area contributed by atoms with E-state index in [-0.39, 0.29) is 5.78 Å². The van der Waals surface area contributed by atoms with E-state index in [1.807, 2.05) is 36.4 Å². The number of nitrogens with zero attached hydrogens (tertiary/aromatic N) is 1. The van der Waals surface area contributed by atoms with E-state index in [1.165, 1.54) is 6.92 Å². The molecule has 19 heavy (non-hydrogen) atoms. The van der Waals surface area contributed by atoms with Crippen molar-refractivity contribution in [2.45, 2.75) is 13.5 Å². The molecule has 0 heterocycles. The van der Waals surface area contributed by atoms with Gasteiger partial charge in [-0.3, -0.25) is 4.79 Å². The summed E-state index contributed by atoms with van der Waals surface area (Å²) in [4.78, 5) is 11.5. The summed E-state index contributed by atoms with van der Waals surface area (Å²) in [5.41, 5.74) is 1.99. The number of hydrogen-bond donors (Lipinski definition) is 0. The first kappa shape index (κ1) is 12.8. The Bertz CT molecular complexity index is 627. The van der Waals surface area contributed by atoms with Crippen LogP contribution < -0.4 is 4.74 Å². The Morgan fingerprint density at radius 2 is 1.95 bits per heavy atom. The largest absolute Gasteiger partial charge is 0.488 e. The number of benzene rings is 2. The standard InChI is InChI=1S/C16H13NO2/c1-12(18)15-8-7-14(10-17)9-16(15)19-11-13-5-3-2-4-6-13/h2-9H,11H2,1H3. The number of carbonyl (C=O) groups excluding carboxylic acids is 1. The summed E-state index contributed by atoms with van der Waals surface area (Å²) < 4.78 is 5.66. The Balaban J connectivity index is 2.23. The highest BCUT2D eigenvalue weighted by Gasteiger charge is 2.09. The number of nitriles is 1. The normalized spacial score (nSPS) is 9.68. The molecule has 0 aromatic heterocycles. The second-order valence-corrected chi connectivity index (χ2v) is 4.15. The maximum atomic E-state index is 11.5. The monoisotopic (exact) mass is 251 g/mol. The maximum absolute atomic E-state index is 11.5. The molecule has 3 heteroatoms. The van der Waals surface area contributed by atoms with E-state index >= 15 is 0 Å². The molecule has 0 spiro atoms. The van der Waals surface area contributed by atoms with E-state index in [0.29, 0.717) is 23.5 Å². The van der Waals surface area contributed by atoms with Crippen LogP contribution in [0.3, 0.4) is 0 Å². The van der Waals surface area contributed by atoms with Gasteiger partial charge in [-0.25, -0.2) is 0 Å². The Morgan fingerprint density at radius 1 is 1.21 bits per heavy atom. The van der Waals surface area contributed by atoms with E-state index in [9.17, 15) is 4.79 Å². The van der Waals surface area contributed by atoms with Crippen molar-refractivity contribution in [1.82, 2.24) is 0 Å². The molecule has 94 valence electrons. The van der Waals surface area contributed by atoms with Crippen LogP contribution in [-0.2, 0) is 6.61 Å². The number of rotatable bonds is 4. The molecule has 0 radical (unpaired) electrons. The predicted octanol–water partition coefficient (Wildman–Crippen LogP) is 3.34. The highest BCUT2D eigenvalue weighted by molar-refractivity contribution is 5.97. The molecule has 0 N–H and O–H groups in total. The van der Waals surface area contributed by atoms with Crippen LogP contribution in [0.1, 0.15) is 28.4 Å². The number of carbonyl (C=O) groups is 1. The molecule has 2 aromatic carbocycles. The van der Waals surface area contributed by atoms with Gasteiger partial charge in [0.25, 0.3) is 0 Å². The Kier molecular flexibility index (Phi) is 3.94. The molecule has 3 nitrogen and oxygen atoms in total. The first-order chi connectivity index (χ1) is 9.20. The first-order valence-electron chi connectivity index (χ1n) is 5.92. The third kappa shape index (κ3) is 3.20. The molecule has 0 saturated carbocycles. The fourth-order valence-electron chi connectivity index (χ4n) is 1.74. The topological polar surface area (TPSA) is 50.1 Å².